The van der Waals surface area contributed by atoms with E-state index in [1.54, 1.807) is 12.3 Å². The van der Waals surface area contributed by atoms with Crippen LogP contribution in [-0.2, 0) is 5.75 Å². The van der Waals surface area contributed by atoms with Crippen molar-refractivity contribution in [3.8, 4) is 11.4 Å². The fourth-order valence-corrected chi connectivity index (χ4v) is 3.07. The van der Waals surface area contributed by atoms with E-state index in [-0.39, 0.29) is 0 Å². The molecule has 2 heterocycles. The van der Waals surface area contributed by atoms with E-state index < -0.39 is 0 Å². The monoisotopic (exact) mass is 354 g/mol. The number of furan rings is 1. The third-order valence-corrected chi connectivity index (χ3v) is 4.87. The van der Waals surface area contributed by atoms with Gasteiger partial charge in [-0.25, -0.2) is 4.68 Å². The molecule has 2 N–H and O–H groups in total. The molecule has 0 saturated heterocycles. The van der Waals surface area contributed by atoms with Crippen LogP contribution in [0.5, 0.6) is 0 Å². The Morgan fingerprint density at radius 2 is 2.05 bits per heavy atom. The lowest BCUT2D eigenvalue weighted by atomic mass is 10.2. The van der Waals surface area contributed by atoms with Gasteiger partial charge in [0, 0.05) is 5.75 Å². The zero-order valence-electron chi connectivity index (χ0n) is 11.6. The molecule has 0 saturated carbocycles. The number of hydrogen-bond acceptors (Lipinski definition) is 5. The van der Waals surface area contributed by atoms with Crippen LogP contribution < -0.4 is 5.84 Å². The number of halogens is 2. The first kappa shape index (κ1) is 15.3. The molecule has 3 rings (SSSR count). The third kappa shape index (κ3) is 2.95. The molecule has 22 heavy (non-hydrogen) atoms. The van der Waals surface area contributed by atoms with Crippen molar-refractivity contribution in [1.29, 1.82) is 0 Å². The maximum Gasteiger partial charge on any atom is 0.210 e. The smallest absolute Gasteiger partial charge is 0.210 e. The van der Waals surface area contributed by atoms with Crippen LogP contribution in [0, 0.1) is 6.92 Å². The van der Waals surface area contributed by atoms with Gasteiger partial charge < -0.3 is 10.3 Å². The number of rotatable bonds is 4. The first-order valence-electron chi connectivity index (χ1n) is 6.38. The van der Waals surface area contributed by atoms with Crippen molar-refractivity contribution in [2.45, 2.75) is 17.8 Å². The largest absolute Gasteiger partial charge is 0.469 e. The Kier molecular flexibility index (Phi) is 4.33. The predicted octanol–water partition coefficient (Wildman–Crippen LogP) is 4.16. The summed E-state index contributed by atoms with van der Waals surface area (Å²) in [5.41, 5.74) is 1.86. The Morgan fingerprint density at radius 3 is 2.73 bits per heavy atom. The van der Waals surface area contributed by atoms with E-state index in [1.165, 1.54) is 16.4 Å². The van der Waals surface area contributed by atoms with Crippen molar-refractivity contribution in [1.82, 2.24) is 14.9 Å². The van der Waals surface area contributed by atoms with Gasteiger partial charge in [0.2, 0.25) is 5.16 Å². The highest BCUT2D eigenvalue weighted by molar-refractivity contribution is 7.98. The van der Waals surface area contributed by atoms with Crippen molar-refractivity contribution in [3.63, 3.8) is 0 Å². The van der Waals surface area contributed by atoms with Gasteiger partial charge in [0.1, 0.15) is 5.76 Å². The van der Waals surface area contributed by atoms with Gasteiger partial charge in [0.25, 0.3) is 0 Å². The number of aromatic nitrogens is 3. The first-order chi connectivity index (χ1) is 10.6. The van der Waals surface area contributed by atoms with Crippen LogP contribution in [0.4, 0.5) is 0 Å². The van der Waals surface area contributed by atoms with Gasteiger partial charge >= 0.3 is 0 Å². The minimum absolute atomic E-state index is 0.531. The topological polar surface area (TPSA) is 69.9 Å². The second kappa shape index (κ2) is 6.24. The average Bonchev–Trinajstić information content (AvgIpc) is 3.06. The summed E-state index contributed by atoms with van der Waals surface area (Å²) in [5, 5.41) is 9.92. The van der Waals surface area contributed by atoms with Gasteiger partial charge in [-0.2, -0.15) is 0 Å². The number of nitrogens with zero attached hydrogens (tertiary/aromatic N) is 3. The molecule has 0 amide bonds. The van der Waals surface area contributed by atoms with Gasteiger partial charge in [-0.05, 0) is 30.7 Å². The number of thioether (sulfide) groups is 1. The standard InChI is InChI=1S/C14H12Cl2N4OS/c1-8-10(4-5-21-8)13-18-19-14(20(13)17)22-7-9-2-3-11(15)12(16)6-9/h2-6H,7,17H2,1H3. The molecule has 0 radical (unpaired) electrons. The fraction of sp³-hybridized carbons (Fsp3) is 0.143. The summed E-state index contributed by atoms with van der Waals surface area (Å²) >= 11 is 13.4. The van der Waals surface area contributed by atoms with Gasteiger partial charge in [0.15, 0.2) is 5.82 Å². The van der Waals surface area contributed by atoms with Crippen molar-refractivity contribution in [3.05, 3.63) is 51.9 Å². The lowest BCUT2D eigenvalue weighted by Crippen LogP contribution is -2.11. The Morgan fingerprint density at radius 1 is 1.23 bits per heavy atom. The second-order valence-corrected chi connectivity index (χ2v) is 6.36. The maximum absolute atomic E-state index is 6.06. The zero-order valence-corrected chi connectivity index (χ0v) is 13.9. The first-order valence-corrected chi connectivity index (χ1v) is 8.12. The van der Waals surface area contributed by atoms with Crippen molar-refractivity contribution in [2.75, 3.05) is 5.84 Å². The molecule has 5 nitrogen and oxygen atoms in total. The molecule has 8 heteroatoms. The molecule has 0 unspecified atom stereocenters. The fourth-order valence-electron chi connectivity index (χ4n) is 1.95. The van der Waals surface area contributed by atoms with Crippen LogP contribution in [-0.4, -0.2) is 14.9 Å². The van der Waals surface area contributed by atoms with E-state index >= 15 is 0 Å². The highest BCUT2D eigenvalue weighted by atomic mass is 35.5. The minimum Gasteiger partial charge on any atom is -0.469 e. The molecule has 114 valence electrons. The predicted molar refractivity (Wildman–Crippen MR) is 88.6 cm³/mol. The van der Waals surface area contributed by atoms with Crippen molar-refractivity contribution >= 4 is 35.0 Å². The molecule has 0 fully saturated rings. The second-order valence-electron chi connectivity index (χ2n) is 4.60. The molecule has 0 atom stereocenters. The van der Waals surface area contributed by atoms with E-state index in [9.17, 15) is 0 Å². The quantitative estimate of drug-likeness (QED) is 0.562. The molecular formula is C14H12Cl2N4OS. The number of nitrogens with two attached hydrogens (primary N) is 1. The SMILES string of the molecule is Cc1occc1-c1nnc(SCc2ccc(Cl)c(Cl)c2)n1N. The Balaban J connectivity index is 1.78. The Bertz CT molecular complexity index is 815. The molecule has 2 aromatic heterocycles. The van der Waals surface area contributed by atoms with Crippen LogP contribution in [0.15, 0.2) is 40.1 Å². The summed E-state index contributed by atoms with van der Waals surface area (Å²) in [6.45, 7) is 1.85. The van der Waals surface area contributed by atoms with Crippen molar-refractivity contribution < 1.29 is 4.42 Å². The molecule has 1 aromatic carbocycles. The van der Waals surface area contributed by atoms with Gasteiger partial charge in [0.05, 0.1) is 21.9 Å². The zero-order chi connectivity index (χ0) is 15.7. The van der Waals surface area contributed by atoms with E-state index in [4.69, 9.17) is 33.5 Å². The van der Waals surface area contributed by atoms with E-state index in [0.717, 1.165) is 16.9 Å². The summed E-state index contributed by atoms with van der Waals surface area (Å²) in [5.74, 6) is 8.05. The number of benzene rings is 1. The summed E-state index contributed by atoms with van der Waals surface area (Å²) in [6, 6.07) is 7.33. The van der Waals surface area contributed by atoms with Crippen LogP contribution in [0.2, 0.25) is 10.0 Å². The molecule has 0 aliphatic rings. The van der Waals surface area contributed by atoms with E-state index in [0.29, 0.717) is 26.8 Å². The Hall–Kier alpha value is -1.63. The normalized spacial score (nSPS) is 11.0. The van der Waals surface area contributed by atoms with Crippen LogP contribution >= 0.6 is 35.0 Å². The Labute approximate surface area is 141 Å². The maximum atomic E-state index is 6.06. The minimum atomic E-state index is 0.531. The lowest BCUT2D eigenvalue weighted by molar-refractivity contribution is 0.535. The van der Waals surface area contributed by atoms with Gasteiger partial charge in [-0.3, -0.25) is 0 Å². The van der Waals surface area contributed by atoms with E-state index in [1.807, 2.05) is 25.1 Å². The van der Waals surface area contributed by atoms with Crippen LogP contribution in [0.1, 0.15) is 11.3 Å². The van der Waals surface area contributed by atoms with Gasteiger partial charge in [-0.1, -0.05) is 41.0 Å². The number of aryl methyl sites for hydroxylation is 1. The van der Waals surface area contributed by atoms with Gasteiger partial charge in [-0.15, -0.1) is 10.2 Å². The summed E-state index contributed by atoms with van der Waals surface area (Å²) in [4.78, 5) is 0. The third-order valence-electron chi connectivity index (χ3n) is 3.12. The average molecular weight is 355 g/mol. The highest BCUT2D eigenvalue weighted by Gasteiger charge is 2.15. The lowest BCUT2D eigenvalue weighted by Gasteiger charge is -2.04. The molecule has 0 aliphatic carbocycles. The van der Waals surface area contributed by atoms with E-state index in [2.05, 4.69) is 10.2 Å². The summed E-state index contributed by atoms with van der Waals surface area (Å²) < 4.78 is 6.72. The molecule has 0 spiro atoms. The highest BCUT2D eigenvalue weighted by Crippen LogP contribution is 2.29. The molecular weight excluding hydrogens is 343 g/mol. The van der Waals surface area contributed by atoms with Crippen molar-refractivity contribution in [2.24, 2.45) is 0 Å². The summed E-state index contributed by atoms with van der Waals surface area (Å²) in [7, 11) is 0. The molecule has 0 aliphatic heterocycles. The number of hydrogen-bond donors (Lipinski definition) is 1. The van der Waals surface area contributed by atoms with Crippen LogP contribution in [0.25, 0.3) is 11.4 Å². The number of nitrogen functional groups attached to an aromatic ring is 1. The van der Waals surface area contributed by atoms with Crippen LogP contribution in [0.3, 0.4) is 0 Å². The molecule has 3 aromatic rings. The molecule has 0 bridgehead atoms. The summed E-state index contributed by atoms with van der Waals surface area (Å²) in [6.07, 6.45) is 1.60.